The van der Waals surface area contributed by atoms with Crippen LogP contribution >= 0.6 is 15.9 Å². The van der Waals surface area contributed by atoms with Gasteiger partial charge in [-0.3, -0.25) is 24.6 Å². The number of hydrogen-bond acceptors (Lipinski definition) is 6. The molecule has 0 saturated carbocycles. The highest BCUT2D eigenvalue weighted by Crippen LogP contribution is 2.34. The summed E-state index contributed by atoms with van der Waals surface area (Å²) in [6.07, 6.45) is 2.86. The molecule has 1 aliphatic rings. The van der Waals surface area contributed by atoms with E-state index in [4.69, 9.17) is 4.42 Å². The predicted molar refractivity (Wildman–Crippen MR) is 112 cm³/mol. The van der Waals surface area contributed by atoms with Crippen molar-refractivity contribution >= 4 is 39.5 Å². The summed E-state index contributed by atoms with van der Waals surface area (Å²) < 4.78 is 6.26. The molecule has 0 atom stereocenters. The molecule has 0 saturated heterocycles. The molecule has 0 bridgehead atoms. The molecule has 1 aromatic carbocycles. The number of halogens is 1. The van der Waals surface area contributed by atoms with E-state index in [1.165, 1.54) is 31.2 Å². The Morgan fingerprint density at radius 1 is 1.30 bits per heavy atom. The smallest absolute Gasteiger partial charge is 0.271 e. The number of furan rings is 1. The van der Waals surface area contributed by atoms with E-state index >= 15 is 0 Å². The van der Waals surface area contributed by atoms with Crippen molar-refractivity contribution < 1.29 is 18.9 Å². The highest BCUT2D eigenvalue weighted by atomic mass is 79.9. The molecule has 150 valence electrons. The maximum absolute atomic E-state index is 12.8. The quantitative estimate of drug-likeness (QED) is 0.211. The second-order valence-electron chi connectivity index (χ2n) is 6.30. The molecule has 0 unspecified atom stereocenters. The Morgan fingerprint density at radius 3 is 2.63 bits per heavy atom. The van der Waals surface area contributed by atoms with E-state index in [-0.39, 0.29) is 29.0 Å². The zero-order chi connectivity index (χ0) is 22.0. The number of carbonyl (C=O) groups excluding carboxylic acids is 2. The van der Waals surface area contributed by atoms with Gasteiger partial charge in [0.15, 0.2) is 0 Å². The third kappa shape index (κ3) is 3.73. The number of amides is 2. The summed E-state index contributed by atoms with van der Waals surface area (Å²) in [6, 6.07) is 9.40. The van der Waals surface area contributed by atoms with E-state index in [1.807, 2.05) is 6.07 Å². The van der Waals surface area contributed by atoms with Gasteiger partial charge in [0.1, 0.15) is 23.2 Å². The number of rotatable bonds is 5. The van der Waals surface area contributed by atoms with Crippen molar-refractivity contribution in [1.82, 2.24) is 4.90 Å². The average Bonchev–Trinajstić information content (AvgIpc) is 3.17. The first-order valence-corrected chi connectivity index (χ1v) is 9.42. The van der Waals surface area contributed by atoms with Gasteiger partial charge in [0.2, 0.25) is 0 Å². The number of imide groups is 1. The first-order chi connectivity index (χ1) is 14.3. The van der Waals surface area contributed by atoms with Gasteiger partial charge in [0.25, 0.3) is 17.5 Å². The lowest BCUT2D eigenvalue weighted by molar-refractivity contribution is -0.384. The summed E-state index contributed by atoms with van der Waals surface area (Å²) in [5, 5.41) is 20.2. The van der Waals surface area contributed by atoms with E-state index in [2.05, 4.69) is 22.5 Å². The van der Waals surface area contributed by atoms with E-state index in [0.29, 0.717) is 21.6 Å². The van der Waals surface area contributed by atoms with Gasteiger partial charge in [-0.05, 0) is 52.7 Å². The van der Waals surface area contributed by atoms with Crippen LogP contribution in [-0.4, -0.2) is 28.2 Å². The fourth-order valence-electron chi connectivity index (χ4n) is 2.96. The number of hydrogen-bond donors (Lipinski definition) is 0. The molecule has 0 aliphatic carbocycles. The largest absolute Gasteiger partial charge is 0.457 e. The van der Waals surface area contributed by atoms with Crippen LogP contribution in [0.1, 0.15) is 12.7 Å². The molecule has 1 aliphatic heterocycles. The molecule has 0 N–H and O–H groups in total. The highest BCUT2D eigenvalue weighted by Gasteiger charge is 2.34. The van der Waals surface area contributed by atoms with Gasteiger partial charge in [0.05, 0.1) is 4.92 Å². The van der Waals surface area contributed by atoms with Crippen LogP contribution in [0.4, 0.5) is 5.69 Å². The Morgan fingerprint density at radius 2 is 2.03 bits per heavy atom. The Kier molecular flexibility index (Phi) is 5.80. The topological polar surface area (TPSA) is 117 Å². The van der Waals surface area contributed by atoms with Crippen molar-refractivity contribution in [2.75, 3.05) is 6.54 Å². The van der Waals surface area contributed by atoms with Crippen molar-refractivity contribution in [1.29, 1.82) is 5.26 Å². The van der Waals surface area contributed by atoms with Crippen LogP contribution in [0.3, 0.4) is 0 Å². The standard InChI is InChI=1S/C21H14BrN3O5/c1-3-8-24-20(26)16(12(2)17(11-23)21(24)27)10-14-5-7-19(30-14)15-6-4-13(25(28)29)9-18(15)22/h3-7,9-10H,1,8H2,2H3/b16-10+. The molecule has 0 spiro atoms. The summed E-state index contributed by atoms with van der Waals surface area (Å²) in [7, 11) is 0. The molecule has 2 heterocycles. The lowest BCUT2D eigenvalue weighted by Gasteiger charge is -2.26. The molecular weight excluding hydrogens is 454 g/mol. The molecule has 30 heavy (non-hydrogen) atoms. The minimum absolute atomic E-state index is 0.0212. The molecule has 2 aromatic rings. The molecule has 1 aromatic heterocycles. The summed E-state index contributed by atoms with van der Waals surface area (Å²) in [5.74, 6) is -0.464. The normalized spacial score (nSPS) is 15.5. The SMILES string of the molecule is C=CCN1C(=O)C(C#N)=C(C)/C(=C\c2ccc(-c3ccc([N+](=O)[O-])cc3Br)o2)C1=O. The Hall–Kier alpha value is -3.77. The van der Waals surface area contributed by atoms with Gasteiger partial charge < -0.3 is 4.42 Å². The third-order valence-corrected chi connectivity index (χ3v) is 5.14. The number of carbonyl (C=O) groups is 2. The zero-order valence-corrected chi connectivity index (χ0v) is 17.3. The van der Waals surface area contributed by atoms with Crippen molar-refractivity contribution in [2.45, 2.75) is 6.92 Å². The number of nitro groups is 1. The monoisotopic (exact) mass is 467 g/mol. The predicted octanol–water partition coefficient (Wildman–Crippen LogP) is 4.40. The summed E-state index contributed by atoms with van der Waals surface area (Å²) in [6.45, 7) is 5.04. The van der Waals surface area contributed by atoms with Gasteiger partial charge in [-0.25, -0.2) is 0 Å². The molecule has 8 nitrogen and oxygen atoms in total. The molecule has 9 heteroatoms. The second-order valence-corrected chi connectivity index (χ2v) is 7.16. The van der Waals surface area contributed by atoms with Gasteiger partial charge >= 0.3 is 0 Å². The zero-order valence-electron chi connectivity index (χ0n) is 15.7. The maximum Gasteiger partial charge on any atom is 0.271 e. The van der Waals surface area contributed by atoms with E-state index < -0.39 is 16.7 Å². The lowest BCUT2D eigenvalue weighted by atomic mass is 9.94. The van der Waals surface area contributed by atoms with Crippen LogP contribution in [0.2, 0.25) is 0 Å². The van der Waals surface area contributed by atoms with Crippen molar-refractivity contribution in [3.05, 3.63) is 80.1 Å². The maximum atomic E-state index is 12.8. The summed E-state index contributed by atoms with van der Waals surface area (Å²) in [5.41, 5.74) is 0.837. The Bertz CT molecular complexity index is 1200. The Balaban J connectivity index is 2.03. The van der Waals surface area contributed by atoms with Crippen molar-refractivity contribution in [3.8, 4) is 17.4 Å². The van der Waals surface area contributed by atoms with Crippen molar-refractivity contribution in [3.63, 3.8) is 0 Å². The van der Waals surface area contributed by atoms with Crippen LogP contribution in [0.25, 0.3) is 17.4 Å². The summed E-state index contributed by atoms with van der Waals surface area (Å²) in [4.78, 5) is 36.4. The van der Waals surface area contributed by atoms with E-state index in [0.717, 1.165) is 4.90 Å². The average molecular weight is 468 g/mol. The highest BCUT2D eigenvalue weighted by molar-refractivity contribution is 9.10. The molecule has 2 amide bonds. The minimum atomic E-state index is -0.660. The molecular formula is C21H14BrN3O5. The molecule has 3 rings (SSSR count). The minimum Gasteiger partial charge on any atom is -0.457 e. The number of nitro benzene ring substituents is 1. The van der Waals surface area contributed by atoms with Crippen molar-refractivity contribution in [2.24, 2.45) is 0 Å². The van der Waals surface area contributed by atoms with Gasteiger partial charge in [-0.2, -0.15) is 5.26 Å². The first kappa shape index (κ1) is 21.0. The van der Waals surface area contributed by atoms with Crippen LogP contribution in [0, 0.1) is 21.4 Å². The van der Waals surface area contributed by atoms with Gasteiger partial charge in [-0.1, -0.05) is 6.08 Å². The van der Waals surface area contributed by atoms with Gasteiger partial charge in [-0.15, -0.1) is 6.58 Å². The van der Waals surface area contributed by atoms with E-state index in [1.54, 1.807) is 18.2 Å². The van der Waals surface area contributed by atoms with Crippen LogP contribution in [0.5, 0.6) is 0 Å². The lowest BCUT2D eigenvalue weighted by Crippen LogP contribution is -2.42. The number of non-ortho nitro benzene ring substituents is 1. The third-order valence-electron chi connectivity index (χ3n) is 4.48. The van der Waals surface area contributed by atoms with Crippen LogP contribution < -0.4 is 0 Å². The molecule has 0 fully saturated rings. The first-order valence-electron chi connectivity index (χ1n) is 8.62. The fraction of sp³-hybridized carbons (Fsp3) is 0.0952. The number of nitrogens with zero attached hydrogens (tertiary/aromatic N) is 3. The number of benzene rings is 1. The van der Waals surface area contributed by atoms with E-state index in [9.17, 15) is 25.0 Å². The second kappa shape index (κ2) is 8.31. The Labute approximate surface area is 179 Å². The summed E-state index contributed by atoms with van der Waals surface area (Å²) >= 11 is 3.30. The fourth-order valence-corrected chi connectivity index (χ4v) is 3.52. The van der Waals surface area contributed by atoms with Crippen LogP contribution in [-0.2, 0) is 9.59 Å². The number of nitriles is 1. The van der Waals surface area contributed by atoms with Gasteiger partial charge in [0, 0.05) is 34.3 Å². The molecule has 0 radical (unpaired) electrons. The van der Waals surface area contributed by atoms with Crippen LogP contribution in [0.15, 0.2) is 68.6 Å².